The van der Waals surface area contributed by atoms with Gasteiger partial charge in [0.25, 0.3) is 5.69 Å². The van der Waals surface area contributed by atoms with Crippen LogP contribution >= 0.6 is 0 Å². The number of halogens is 1. The minimum Gasteiger partial charge on any atom is -0.478 e. The molecule has 0 amide bonds. The van der Waals surface area contributed by atoms with E-state index in [1.807, 2.05) is 0 Å². The van der Waals surface area contributed by atoms with Crippen molar-refractivity contribution in [2.75, 3.05) is 5.32 Å². The van der Waals surface area contributed by atoms with Gasteiger partial charge in [0.05, 0.1) is 11.1 Å². The summed E-state index contributed by atoms with van der Waals surface area (Å²) in [6.07, 6.45) is 0.891. The molecule has 21 heavy (non-hydrogen) atoms. The highest BCUT2D eigenvalue weighted by molar-refractivity contribution is 5.93. The van der Waals surface area contributed by atoms with Gasteiger partial charge in [0, 0.05) is 18.7 Å². The van der Waals surface area contributed by atoms with E-state index in [2.05, 4.69) is 10.3 Å². The molecule has 1 heterocycles. The van der Waals surface area contributed by atoms with E-state index in [9.17, 15) is 19.3 Å². The van der Waals surface area contributed by atoms with Crippen molar-refractivity contribution in [1.82, 2.24) is 4.98 Å². The molecular formula is C13H10FN3O4. The number of aromatic nitrogens is 1. The number of anilines is 1. The molecule has 0 aliphatic carbocycles. The third-order valence-corrected chi connectivity index (χ3v) is 2.67. The Morgan fingerprint density at radius 2 is 2.19 bits per heavy atom. The largest absolute Gasteiger partial charge is 0.478 e. The zero-order valence-electron chi connectivity index (χ0n) is 10.6. The number of nitrogens with one attached hydrogen (secondary N) is 1. The van der Waals surface area contributed by atoms with Gasteiger partial charge in [-0.2, -0.15) is 0 Å². The fourth-order valence-electron chi connectivity index (χ4n) is 1.71. The van der Waals surface area contributed by atoms with Gasteiger partial charge in [-0.15, -0.1) is 0 Å². The summed E-state index contributed by atoms with van der Waals surface area (Å²) >= 11 is 0. The molecule has 2 aromatic rings. The minimum absolute atomic E-state index is 0.00425. The van der Waals surface area contributed by atoms with Crippen LogP contribution in [0.2, 0.25) is 0 Å². The molecule has 0 aliphatic rings. The third kappa shape index (κ3) is 3.50. The van der Waals surface area contributed by atoms with Crippen molar-refractivity contribution in [3.8, 4) is 0 Å². The molecule has 0 atom stereocenters. The monoisotopic (exact) mass is 291 g/mol. The Balaban J connectivity index is 2.18. The van der Waals surface area contributed by atoms with Gasteiger partial charge in [0.2, 0.25) is 0 Å². The second kappa shape index (κ2) is 5.95. The zero-order chi connectivity index (χ0) is 15.4. The lowest BCUT2D eigenvalue weighted by Crippen LogP contribution is -2.09. The van der Waals surface area contributed by atoms with Crippen molar-refractivity contribution in [1.29, 1.82) is 0 Å². The Labute approximate surface area is 118 Å². The number of pyridine rings is 1. The molecule has 0 unspecified atom stereocenters. The predicted molar refractivity (Wildman–Crippen MR) is 71.6 cm³/mol. The number of nitrogens with zero attached hydrogens (tertiary/aromatic N) is 2. The van der Waals surface area contributed by atoms with E-state index >= 15 is 0 Å². The van der Waals surface area contributed by atoms with E-state index in [0.717, 1.165) is 12.3 Å². The number of hydrogen-bond acceptors (Lipinski definition) is 5. The highest BCUT2D eigenvalue weighted by atomic mass is 19.1. The lowest BCUT2D eigenvalue weighted by molar-refractivity contribution is -0.384. The molecule has 7 nitrogen and oxygen atoms in total. The molecule has 0 aliphatic heterocycles. The molecule has 0 saturated carbocycles. The van der Waals surface area contributed by atoms with Crippen LogP contribution in [0.1, 0.15) is 15.9 Å². The van der Waals surface area contributed by atoms with Crippen molar-refractivity contribution < 1.29 is 19.2 Å². The van der Waals surface area contributed by atoms with Crippen molar-refractivity contribution in [2.24, 2.45) is 0 Å². The maximum absolute atomic E-state index is 13.0. The highest BCUT2D eigenvalue weighted by Gasteiger charge is 2.13. The van der Waals surface area contributed by atoms with Crippen LogP contribution in [0, 0.1) is 15.9 Å². The average molecular weight is 291 g/mol. The minimum atomic E-state index is -1.32. The van der Waals surface area contributed by atoms with Gasteiger partial charge < -0.3 is 10.4 Å². The second-order valence-electron chi connectivity index (χ2n) is 4.14. The van der Waals surface area contributed by atoms with E-state index in [1.165, 1.54) is 18.2 Å². The Bertz CT molecular complexity index is 706. The molecule has 108 valence electrons. The number of carbonyl (C=O) groups is 1. The topological polar surface area (TPSA) is 105 Å². The van der Waals surface area contributed by atoms with Crippen molar-refractivity contribution in [3.05, 3.63) is 63.6 Å². The molecule has 2 N–H and O–H groups in total. The number of non-ortho nitro benzene ring substituents is 1. The fraction of sp³-hybridized carbons (Fsp3) is 0.0769. The third-order valence-electron chi connectivity index (χ3n) is 2.67. The lowest BCUT2D eigenvalue weighted by Gasteiger charge is -2.08. The number of rotatable bonds is 5. The lowest BCUT2D eigenvalue weighted by atomic mass is 10.2. The Morgan fingerprint density at radius 1 is 1.43 bits per heavy atom. The molecule has 2 rings (SSSR count). The maximum atomic E-state index is 13.0. The summed E-state index contributed by atoms with van der Waals surface area (Å²) in [5.41, 5.74) is 0.201. The molecule has 0 spiro atoms. The number of nitro groups is 1. The van der Waals surface area contributed by atoms with Crippen LogP contribution in [0.25, 0.3) is 0 Å². The molecule has 1 aromatic heterocycles. The first-order valence-corrected chi connectivity index (χ1v) is 5.83. The van der Waals surface area contributed by atoms with Crippen LogP contribution in [0.3, 0.4) is 0 Å². The first-order valence-electron chi connectivity index (χ1n) is 5.83. The number of carboxylic acids is 1. The van der Waals surface area contributed by atoms with E-state index in [0.29, 0.717) is 5.56 Å². The Morgan fingerprint density at radius 3 is 2.86 bits per heavy atom. The summed E-state index contributed by atoms with van der Waals surface area (Å²) in [5.74, 6) is -2.08. The second-order valence-corrected chi connectivity index (χ2v) is 4.14. The van der Waals surface area contributed by atoms with Gasteiger partial charge >= 0.3 is 5.97 Å². The van der Waals surface area contributed by atoms with Crippen molar-refractivity contribution >= 4 is 17.5 Å². The quantitative estimate of drug-likeness (QED) is 0.647. The van der Waals surface area contributed by atoms with E-state index < -0.39 is 16.7 Å². The normalized spacial score (nSPS) is 10.1. The first kappa shape index (κ1) is 14.4. The summed E-state index contributed by atoms with van der Waals surface area (Å²) in [6, 6.07) is 6.72. The number of aromatic carboxylic acids is 1. The van der Waals surface area contributed by atoms with Crippen LogP contribution in [0.15, 0.2) is 36.5 Å². The summed E-state index contributed by atoms with van der Waals surface area (Å²) in [4.78, 5) is 24.8. The Kier molecular flexibility index (Phi) is 4.07. The number of benzene rings is 1. The van der Waals surface area contributed by atoms with Crippen LogP contribution in [-0.4, -0.2) is 21.0 Å². The summed E-state index contributed by atoms with van der Waals surface area (Å²) in [7, 11) is 0. The van der Waals surface area contributed by atoms with E-state index in [-0.39, 0.29) is 23.6 Å². The van der Waals surface area contributed by atoms with Crippen molar-refractivity contribution in [2.45, 2.75) is 6.54 Å². The summed E-state index contributed by atoms with van der Waals surface area (Å²) in [5, 5.41) is 22.4. The molecular weight excluding hydrogens is 281 g/mol. The fourth-order valence-corrected chi connectivity index (χ4v) is 1.71. The van der Waals surface area contributed by atoms with E-state index in [1.54, 1.807) is 6.07 Å². The molecule has 0 bridgehead atoms. The van der Waals surface area contributed by atoms with Gasteiger partial charge in [0.15, 0.2) is 0 Å². The molecule has 1 aromatic carbocycles. The number of nitro benzene ring substituents is 1. The van der Waals surface area contributed by atoms with Gasteiger partial charge in [-0.3, -0.25) is 10.1 Å². The van der Waals surface area contributed by atoms with Crippen LogP contribution < -0.4 is 5.32 Å². The zero-order valence-corrected chi connectivity index (χ0v) is 10.6. The molecule has 0 saturated heterocycles. The number of hydrogen-bond donors (Lipinski definition) is 2. The summed E-state index contributed by atoms with van der Waals surface area (Å²) in [6.45, 7) is 0.126. The van der Waals surface area contributed by atoms with Crippen LogP contribution in [0.4, 0.5) is 15.9 Å². The SMILES string of the molecule is O=C(O)c1cc(F)cnc1NCc1cccc([N+](=O)[O-])c1. The van der Waals surface area contributed by atoms with Gasteiger partial charge in [-0.1, -0.05) is 12.1 Å². The van der Waals surface area contributed by atoms with Gasteiger partial charge in [-0.05, 0) is 11.6 Å². The molecule has 8 heteroatoms. The van der Waals surface area contributed by atoms with E-state index in [4.69, 9.17) is 5.11 Å². The van der Waals surface area contributed by atoms with Crippen LogP contribution in [0.5, 0.6) is 0 Å². The van der Waals surface area contributed by atoms with Crippen LogP contribution in [-0.2, 0) is 6.54 Å². The highest BCUT2D eigenvalue weighted by Crippen LogP contribution is 2.17. The Hall–Kier alpha value is -3.03. The number of carboxylic acid groups (broad SMARTS) is 1. The van der Waals surface area contributed by atoms with Gasteiger partial charge in [-0.25, -0.2) is 14.2 Å². The standard InChI is InChI=1S/C13H10FN3O4/c14-9-5-11(13(18)19)12(16-7-9)15-6-8-2-1-3-10(4-8)17(20)21/h1-5,7H,6H2,(H,15,16)(H,18,19). The van der Waals surface area contributed by atoms with Gasteiger partial charge in [0.1, 0.15) is 17.2 Å². The first-order chi connectivity index (χ1) is 9.97. The smallest absolute Gasteiger partial charge is 0.339 e. The average Bonchev–Trinajstić information content (AvgIpc) is 2.46. The molecule has 0 fully saturated rings. The predicted octanol–water partition coefficient (Wildman–Crippen LogP) is 2.44. The van der Waals surface area contributed by atoms with Crippen molar-refractivity contribution in [3.63, 3.8) is 0 Å². The molecule has 0 radical (unpaired) electrons. The maximum Gasteiger partial charge on any atom is 0.339 e. The summed E-state index contributed by atoms with van der Waals surface area (Å²) < 4.78 is 13.0.